The van der Waals surface area contributed by atoms with Gasteiger partial charge in [0.1, 0.15) is 0 Å². The maximum Gasteiger partial charge on any atom is 0.240 e. The Morgan fingerprint density at radius 3 is 2.71 bits per heavy atom. The van der Waals surface area contributed by atoms with Crippen LogP contribution >= 0.6 is 0 Å². The molecule has 1 aromatic heterocycles. The second-order valence-corrected chi connectivity index (χ2v) is 9.68. The number of aromatic nitrogens is 2. The predicted octanol–water partition coefficient (Wildman–Crippen LogP) is 2.79. The summed E-state index contributed by atoms with van der Waals surface area (Å²) in [6.45, 7) is 1.37. The van der Waals surface area contributed by atoms with Crippen LogP contribution in [0.5, 0.6) is 0 Å². The normalized spacial score (nSPS) is 13.8. The monoisotopic (exact) mass is 440 g/mol. The summed E-state index contributed by atoms with van der Waals surface area (Å²) in [6, 6.07) is 13.3. The van der Waals surface area contributed by atoms with Crippen molar-refractivity contribution < 1.29 is 13.2 Å². The highest BCUT2D eigenvalue weighted by Gasteiger charge is 2.17. The number of aryl methyl sites for hydroxylation is 3. The van der Waals surface area contributed by atoms with E-state index in [4.69, 9.17) is 0 Å². The first-order chi connectivity index (χ1) is 15.0. The van der Waals surface area contributed by atoms with Crippen LogP contribution in [0.4, 0.5) is 0 Å². The van der Waals surface area contributed by atoms with E-state index in [2.05, 4.69) is 19.6 Å². The third-order valence-corrected chi connectivity index (χ3v) is 7.16. The quantitative estimate of drug-likeness (QED) is 0.501. The molecule has 0 radical (unpaired) electrons. The van der Waals surface area contributed by atoms with Crippen molar-refractivity contribution in [2.45, 2.75) is 50.0 Å². The van der Waals surface area contributed by atoms with E-state index in [1.807, 2.05) is 36.7 Å². The minimum absolute atomic E-state index is 0.0808. The molecule has 8 heteroatoms. The fourth-order valence-corrected chi connectivity index (χ4v) is 5.10. The van der Waals surface area contributed by atoms with E-state index in [1.165, 1.54) is 5.56 Å². The van der Waals surface area contributed by atoms with Gasteiger partial charge in [-0.05, 0) is 67.5 Å². The van der Waals surface area contributed by atoms with Gasteiger partial charge >= 0.3 is 0 Å². The van der Waals surface area contributed by atoms with Crippen LogP contribution in [0.25, 0.3) is 11.0 Å². The van der Waals surface area contributed by atoms with E-state index < -0.39 is 10.0 Å². The molecule has 31 heavy (non-hydrogen) atoms. The molecule has 1 amide bonds. The van der Waals surface area contributed by atoms with E-state index in [-0.39, 0.29) is 23.8 Å². The van der Waals surface area contributed by atoms with Crippen LogP contribution in [-0.4, -0.2) is 37.0 Å². The number of fused-ring (bicyclic) bond motifs is 2. The number of sulfonamides is 1. The van der Waals surface area contributed by atoms with Crippen LogP contribution in [0.1, 0.15) is 36.8 Å². The summed E-state index contributed by atoms with van der Waals surface area (Å²) >= 11 is 0. The standard InChI is InChI=1S/C23H28N4O3S/c28-23(24-13-5-15-27-17-25-21-8-3-4-9-22(21)27)12-14-26-31(29,30)20-11-10-18-6-1-2-7-19(18)16-20/h3-4,8-11,16-17,26H,1-2,5-7,12-15H2,(H,24,28). The van der Waals surface area contributed by atoms with Crippen molar-refractivity contribution in [2.75, 3.05) is 13.1 Å². The van der Waals surface area contributed by atoms with E-state index in [0.29, 0.717) is 6.54 Å². The number of nitrogens with one attached hydrogen (secondary N) is 2. The highest BCUT2D eigenvalue weighted by atomic mass is 32.2. The van der Waals surface area contributed by atoms with Gasteiger partial charge in [-0.25, -0.2) is 18.1 Å². The van der Waals surface area contributed by atoms with Gasteiger partial charge in [0.25, 0.3) is 0 Å². The van der Waals surface area contributed by atoms with E-state index >= 15 is 0 Å². The van der Waals surface area contributed by atoms with Crippen molar-refractivity contribution in [3.8, 4) is 0 Å². The Morgan fingerprint density at radius 1 is 1.03 bits per heavy atom. The Labute approximate surface area is 182 Å². The molecule has 0 aliphatic heterocycles. The molecule has 0 atom stereocenters. The molecule has 0 fully saturated rings. The second-order valence-electron chi connectivity index (χ2n) is 7.92. The Hall–Kier alpha value is -2.71. The first-order valence-corrected chi connectivity index (χ1v) is 12.3. The molecule has 1 heterocycles. The molecule has 0 unspecified atom stereocenters. The Bertz CT molecular complexity index is 1170. The molecule has 0 saturated carbocycles. The van der Waals surface area contributed by atoms with Gasteiger partial charge in [0.05, 0.1) is 22.3 Å². The molecule has 2 N–H and O–H groups in total. The van der Waals surface area contributed by atoms with Gasteiger partial charge in [-0.15, -0.1) is 0 Å². The maximum atomic E-state index is 12.5. The van der Waals surface area contributed by atoms with Gasteiger partial charge in [0.2, 0.25) is 15.9 Å². The number of para-hydroxylation sites is 2. The Morgan fingerprint density at radius 2 is 1.84 bits per heavy atom. The number of amides is 1. The fourth-order valence-electron chi connectivity index (χ4n) is 4.01. The summed E-state index contributed by atoms with van der Waals surface area (Å²) in [5.41, 5.74) is 4.40. The van der Waals surface area contributed by atoms with Gasteiger partial charge in [0, 0.05) is 26.1 Å². The zero-order valence-electron chi connectivity index (χ0n) is 17.5. The maximum absolute atomic E-state index is 12.5. The highest BCUT2D eigenvalue weighted by molar-refractivity contribution is 7.89. The average molecular weight is 441 g/mol. The van der Waals surface area contributed by atoms with Gasteiger partial charge in [0.15, 0.2) is 0 Å². The molecular formula is C23H28N4O3S. The van der Waals surface area contributed by atoms with E-state index in [9.17, 15) is 13.2 Å². The minimum atomic E-state index is -3.61. The number of hydrogen-bond donors (Lipinski definition) is 2. The third-order valence-electron chi connectivity index (χ3n) is 5.70. The number of nitrogens with zero attached hydrogens (tertiary/aromatic N) is 2. The molecule has 1 aliphatic carbocycles. The van der Waals surface area contributed by atoms with Crippen LogP contribution in [-0.2, 0) is 34.2 Å². The van der Waals surface area contributed by atoms with Crippen molar-refractivity contribution in [3.63, 3.8) is 0 Å². The topological polar surface area (TPSA) is 93.1 Å². The average Bonchev–Trinajstić information content (AvgIpc) is 3.19. The number of rotatable bonds is 9. The Kier molecular flexibility index (Phi) is 6.67. The molecule has 2 aromatic carbocycles. The van der Waals surface area contributed by atoms with Crippen LogP contribution in [0.15, 0.2) is 53.7 Å². The molecule has 4 rings (SSSR count). The zero-order valence-corrected chi connectivity index (χ0v) is 18.3. The largest absolute Gasteiger partial charge is 0.356 e. The van der Waals surface area contributed by atoms with Crippen molar-refractivity contribution in [2.24, 2.45) is 0 Å². The van der Waals surface area contributed by atoms with Crippen LogP contribution in [0.3, 0.4) is 0 Å². The summed E-state index contributed by atoms with van der Waals surface area (Å²) in [6.07, 6.45) is 6.88. The Balaban J connectivity index is 1.19. The van der Waals surface area contributed by atoms with Crippen molar-refractivity contribution >= 4 is 27.0 Å². The summed E-state index contributed by atoms with van der Waals surface area (Å²) in [4.78, 5) is 16.7. The van der Waals surface area contributed by atoms with Crippen LogP contribution in [0, 0.1) is 0 Å². The summed E-state index contributed by atoms with van der Waals surface area (Å²) in [7, 11) is -3.61. The first kappa shape index (κ1) is 21.5. The number of carbonyl (C=O) groups is 1. The number of benzene rings is 2. The van der Waals surface area contributed by atoms with Crippen molar-refractivity contribution in [3.05, 3.63) is 59.9 Å². The fraction of sp³-hybridized carbons (Fsp3) is 0.391. The first-order valence-electron chi connectivity index (χ1n) is 10.8. The molecule has 3 aromatic rings. The molecule has 0 bridgehead atoms. The SMILES string of the molecule is O=C(CCNS(=O)(=O)c1ccc2c(c1)CCCC2)NCCCn1cnc2ccccc21. The smallest absolute Gasteiger partial charge is 0.240 e. The third kappa shape index (κ3) is 5.32. The van der Waals surface area contributed by atoms with Crippen molar-refractivity contribution in [1.82, 2.24) is 19.6 Å². The van der Waals surface area contributed by atoms with Crippen molar-refractivity contribution in [1.29, 1.82) is 0 Å². The molecule has 0 saturated heterocycles. The molecule has 1 aliphatic rings. The number of carbonyl (C=O) groups excluding carboxylic acids is 1. The lowest BCUT2D eigenvalue weighted by Crippen LogP contribution is -2.31. The zero-order chi connectivity index (χ0) is 21.7. The summed E-state index contributed by atoms with van der Waals surface area (Å²) < 4.78 is 29.7. The lowest BCUT2D eigenvalue weighted by molar-refractivity contribution is -0.120. The lowest BCUT2D eigenvalue weighted by atomic mass is 9.92. The molecule has 164 valence electrons. The predicted molar refractivity (Wildman–Crippen MR) is 120 cm³/mol. The minimum Gasteiger partial charge on any atom is -0.356 e. The highest BCUT2D eigenvalue weighted by Crippen LogP contribution is 2.24. The lowest BCUT2D eigenvalue weighted by Gasteiger charge is -2.16. The molecule has 7 nitrogen and oxygen atoms in total. The van der Waals surface area contributed by atoms with Gasteiger partial charge in [-0.3, -0.25) is 4.79 Å². The van der Waals surface area contributed by atoms with Gasteiger partial charge < -0.3 is 9.88 Å². The second kappa shape index (κ2) is 9.62. The van der Waals surface area contributed by atoms with Crippen LogP contribution in [0.2, 0.25) is 0 Å². The molecule has 0 spiro atoms. The summed E-state index contributed by atoms with van der Waals surface area (Å²) in [5.74, 6) is -0.163. The van der Waals surface area contributed by atoms with Gasteiger partial charge in [-0.2, -0.15) is 0 Å². The van der Waals surface area contributed by atoms with E-state index in [0.717, 1.165) is 55.2 Å². The molecular weight excluding hydrogens is 412 g/mol. The summed E-state index contributed by atoms with van der Waals surface area (Å²) in [5, 5.41) is 2.85. The number of hydrogen-bond acceptors (Lipinski definition) is 4. The van der Waals surface area contributed by atoms with E-state index in [1.54, 1.807) is 12.1 Å². The van der Waals surface area contributed by atoms with Gasteiger partial charge in [-0.1, -0.05) is 18.2 Å². The van der Waals surface area contributed by atoms with Crippen LogP contribution < -0.4 is 10.0 Å². The number of imidazole rings is 1.